The number of nitrogens with zero attached hydrogens (tertiary/aromatic N) is 2. The molecule has 1 heterocycles. The third-order valence-electron chi connectivity index (χ3n) is 2.59. The Morgan fingerprint density at radius 1 is 1.50 bits per heavy atom. The molecule has 18 heavy (non-hydrogen) atoms. The highest BCUT2D eigenvalue weighted by molar-refractivity contribution is 5.92. The molecule has 0 saturated heterocycles. The van der Waals surface area contributed by atoms with Gasteiger partial charge in [-0.1, -0.05) is 13.0 Å². The molecule has 4 heteroatoms. The van der Waals surface area contributed by atoms with Crippen molar-refractivity contribution in [1.82, 2.24) is 10.3 Å². The second-order valence-corrected chi connectivity index (χ2v) is 4.39. The molecular weight excluding hydrogens is 226 g/mol. The van der Waals surface area contributed by atoms with Crippen molar-refractivity contribution in [1.29, 1.82) is 0 Å². The molecule has 1 rings (SSSR count). The Hall–Kier alpha value is -1.84. The van der Waals surface area contributed by atoms with Crippen LogP contribution in [0.2, 0.25) is 0 Å². The minimum Gasteiger partial charge on any atom is -0.363 e. The number of carbonyl (C=O) groups excluding carboxylic acids is 1. The lowest BCUT2D eigenvalue weighted by Crippen LogP contribution is -2.23. The van der Waals surface area contributed by atoms with E-state index in [1.165, 1.54) is 0 Å². The van der Waals surface area contributed by atoms with Gasteiger partial charge in [0.15, 0.2) is 0 Å². The number of rotatable bonds is 5. The standard InChI is InChI=1S/C14H21N3O/c1-5-6-11(2)14(18)16-10-12-7-8-15-13(9-12)17(3)4/h6-9H,5,10H2,1-4H3,(H,16,18)/b11-6+. The normalized spacial score (nSPS) is 11.2. The monoisotopic (exact) mass is 247 g/mol. The van der Waals surface area contributed by atoms with Crippen LogP contribution >= 0.6 is 0 Å². The van der Waals surface area contributed by atoms with Crippen LogP contribution < -0.4 is 10.2 Å². The lowest BCUT2D eigenvalue weighted by atomic mass is 10.2. The van der Waals surface area contributed by atoms with E-state index in [2.05, 4.69) is 10.3 Å². The van der Waals surface area contributed by atoms with E-state index in [1.54, 1.807) is 6.20 Å². The second-order valence-electron chi connectivity index (χ2n) is 4.39. The Morgan fingerprint density at radius 3 is 2.83 bits per heavy atom. The molecule has 1 amide bonds. The van der Waals surface area contributed by atoms with Gasteiger partial charge in [0.2, 0.25) is 5.91 Å². The van der Waals surface area contributed by atoms with Crippen LogP contribution in [0.15, 0.2) is 30.0 Å². The first kappa shape index (κ1) is 14.2. The van der Waals surface area contributed by atoms with Crippen molar-refractivity contribution >= 4 is 11.7 Å². The molecular formula is C14H21N3O. The van der Waals surface area contributed by atoms with Crippen molar-refractivity contribution in [3.05, 3.63) is 35.5 Å². The minimum atomic E-state index is -0.0138. The highest BCUT2D eigenvalue weighted by atomic mass is 16.1. The maximum Gasteiger partial charge on any atom is 0.246 e. The molecule has 0 fully saturated rings. The van der Waals surface area contributed by atoms with E-state index in [9.17, 15) is 4.79 Å². The fraction of sp³-hybridized carbons (Fsp3) is 0.429. The van der Waals surface area contributed by atoms with Gasteiger partial charge in [-0.25, -0.2) is 4.98 Å². The first-order chi connectivity index (χ1) is 8.54. The topological polar surface area (TPSA) is 45.2 Å². The molecule has 0 bridgehead atoms. The molecule has 0 radical (unpaired) electrons. The van der Waals surface area contributed by atoms with Crippen LogP contribution in [0, 0.1) is 0 Å². The van der Waals surface area contributed by atoms with Crippen LogP contribution in [0.1, 0.15) is 25.8 Å². The van der Waals surface area contributed by atoms with Crippen LogP contribution in [-0.2, 0) is 11.3 Å². The van der Waals surface area contributed by atoms with Crippen molar-refractivity contribution in [3.8, 4) is 0 Å². The maximum absolute atomic E-state index is 11.7. The van der Waals surface area contributed by atoms with Gasteiger partial charge >= 0.3 is 0 Å². The molecule has 0 aliphatic carbocycles. The highest BCUT2D eigenvalue weighted by Gasteiger charge is 2.04. The average molecular weight is 247 g/mol. The average Bonchev–Trinajstić information content (AvgIpc) is 2.36. The molecule has 98 valence electrons. The summed E-state index contributed by atoms with van der Waals surface area (Å²) < 4.78 is 0. The van der Waals surface area contributed by atoms with Crippen molar-refractivity contribution in [2.75, 3.05) is 19.0 Å². The largest absolute Gasteiger partial charge is 0.363 e. The molecule has 0 aromatic carbocycles. The maximum atomic E-state index is 11.7. The lowest BCUT2D eigenvalue weighted by molar-refractivity contribution is -0.117. The molecule has 1 aromatic rings. The predicted octanol–water partition coefficient (Wildman–Crippen LogP) is 2.12. The summed E-state index contributed by atoms with van der Waals surface area (Å²) in [6.07, 6.45) is 4.55. The quantitative estimate of drug-likeness (QED) is 0.811. The zero-order valence-electron chi connectivity index (χ0n) is 11.5. The summed E-state index contributed by atoms with van der Waals surface area (Å²) in [6, 6.07) is 3.88. The number of aromatic nitrogens is 1. The zero-order chi connectivity index (χ0) is 13.5. The molecule has 0 aliphatic heterocycles. The Kier molecular flexibility index (Phi) is 5.36. The van der Waals surface area contributed by atoms with Crippen molar-refractivity contribution in [2.45, 2.75) is 26.8 Å². The van der Waals surface area contributed by atoms with Gasteiger partial charge in [0.1, 0.15) is 5.82 Å². The smallest absolute Gasteiger partial charge is 0.246 e. The van der Waals surface area contributed by atoms with E-state index in [1.807, 2.05) is 51.1 Å². The van der Waals surface area contributed by atoms with Gasteiger partial charge in [-0.05, 0) is 31.0 Å². The Labute approximate surface area is 109 Å². The molecule has 0 atom stereocenters. The number of allylic oxidation sites excluding steroid dienone is 1. The summed E-state index contributed by atoms with van der Waals surface area (Å²) in [5.41, 5.74) is 1.81. The summed E-state index contributed by atoms with van der Waals surface area (Å²) in [4.78, 5) is 17.9. The van der Waals surface area contributed by atoms with E-state index < -0.39 is 0 Å². The summed E-state index contributed by atoms with van der Waals surface area (Å²) in [7, 11) is 3.89. The van der Waals surface area contributed by atoms with Crippen molar-refractivity contribution in [3.63, 3.8) is 0 Å². The highest BCUT2D eigenvalue weighted by Crippen LogP contribution is 2.09. The molecule has 1 N–H and O–H groups in total. The zero-order valence-corrected chi connectivity index (χ0v) is 11.5. The SMILES string of the molecule is CC/C=C(\C)C(=O)NCc1ccnc(N(C)C)c1. The summed E-state index contributed by atoms with van der Waals surface area (Å²) in [5.74, 6) is 0.877. The summed E-state index contributed by atoms with van der Waals surface area (Å²) in [5, 5.41) is 2.90. The van der Waals surface area contributed by atoms with Gasteiger partial charge in [-0.15, -0.1) is 0 Å². The van der Waals surface area contributed by atoms with Crippen LogP contribution in [0.25, 0.3) is 0 Å². The first-order valence-corrected chi connectivity index (χ1v) is 6.11. The van der Waals surface area contributed by atoms with Gasteiger partial charge in [0.25, 0.3) is 0 Å². The third-order valence-corrected chi connectivity index (χ3v) is 2.59. The third kappa shape index (κ3) is 4.20. The first-order valence-electron chi connectivity index (χ1n) is 6.11. The summed E-state index contributed by atoms with van der Waals surface area (Å²) in [6.45, 7) is 4.37. The molecule has 0 unspecified atom stereocenters. The predicted molar refractivity (Wildman–Crippen MR) is 74.5 cm³/mol. The van der Waals surface area contributed by atoms with Crippen molar-refractivity contribution < 1.29 is 4.79 Å². The number of pyridine rings is 1. The van der Waals surface area contributed by atoms with Gasteiger partial charge in [-0.2, -0.15) is 0 Å². The Morgan fingerprint density at radius 2 is 2.22 bits per heavy atom. The summed E-state index contributed by atoms with van der Waals surface area (Å²) >= 11 is 0. The van der Waals surface area contributed by atoms with Crippen LogP contribution in [0.5, 0.6) is 0 Å². The molecule has 4 nitrogen and oxygen atoms in total. The van der Waals surface area contributed by atoms with E-state index in [-0.39, 0.29) is 5.91 Å². The van der Waals surface area contributed by atoms with Gasteiger partial charge < -0.3 is 10.2 Å². The van der Waals surface area contributed by atoms with Crippen molar-refractivity contribution in [2.24, 2.45) is 0 Å². The second kappa shape index (κ2) is 6.79. The van der Waals surface area contributed by atoms with E-state index in [4.69, 9.17) is 0 Å². The number of amides is 1. The Bertz CT molecular complexity index is 438. The van der Waals surface area contributed by atoms with E-state index in [0.717, 1.165) is 23.4 Å². The van der Waals surface area contributed by atoms with Gasteiger partial charge in [-0.3, -0.25) is 4.79 Å². The molecule has 0 aliphatic rings. The van der Waals surface area contributed by atoms with Crippen LogP contribution in [0.3, 0.4) is 0 Å². The lowest BCUT2D eigenvalue weighted by Gasteiger charge is -2.12. The van der Waals surface area contributed by atoms with E-state index >= 15 is 0 Å². The fourth-order valence-corrected chi connectivity index (χ4v) is 1.54. The number of hydrogen-bond acceptors (Lipinski definition) is 3. The fourth-order valence-electron chi connectivity index (χ4n) is 1.54. The molecule has 1 aromatic heterocycles. The number of anilines is 1. The van der Waals surface area contributed by atoms with E-state index in [0.29, 0.717) is 6.54 Å². The van der Waals surface area contributed by atoms with Gasteiger partial charge in [0.05, 0.1) is 0 Å². The molecule has 0 saturated carbocycles. The molecule has 0 spiro atoms. The number of nitrogens with one attached hydrogen (secondary N) is 1. The Balaban J connectivity index is 2.61. The van der Waals surface area contributed by atoms with Crippen LogP contribution in [0.4, 0.5) is 5.82 Å². The minimum absolute atomic E-state index is 0.0138. The number of hydrogen-bond donors (Lipinski definition) is 1. The van der Waals surface area contributed by atoms with Crippen LogP contribution in [-0.4, -0.2) is 25.0 Å². The number of carbonyl (C=O) groups is 1. The van der Waals surface area contributed by atoms with Gasteiger partial charge in [0, 0.05) is 32.4 Å².